The van der Waals surface area contributed by atoms with Crippen molar-refractivity contribution in [3.8, 4) is 0 Å². The molecular formula is C20H25FN4O4S. The van der Waals surface area contributed by atoms with E-state index in [-0.39, 0.29) is 16.5 Å². The third kappa shape index (κ3) is 5.06. The minimum Gasteiger partial charge on any atom is -0.356 e. The molecule has 1 aromatic heterocycles. The Labute approximate surface area is 175 Å². The zero-order chi connectivity index (χ0) is 21.9. The number of carbonyl (C=O) groups is 2. The van der Waals surface area contributed by atoms with Crippen LogP contribution in [0.25, 0.3) is 0 Å². The van der Waals surface area contributed by atoms with Crippen LogP contribution < -0.4 is 5.32 Å². The number of benzene rings is 1. The van der Waals surface area contributed by atoms with Gasteiger partial charge in [-0.2, -0.15) is 4.31 Å². The second-order valence-corrected chi connectivity index (χ2v) is 9.58. The van der Waals surface area contributed by atoms with Gasteiger partial charge in [-0.25, -0.2) is 12.8 Å². The Morgan fingerprint density at radius 2 is 1.87 bits per heavy atom. The van der Waals surface area contributed by atoms with Gasteiger partial charge in [0.05, 0.1) is 6.54 Å². The van der Waals surface area contributed by atoms with Gasteiger partial charge < -0.3 is 15.2 Å². The Kier molecular flexibility index (Phi) is 6.57. The number of amides is 2. The van der Waals surface area contributed by atoms with E-state index in [0.29, 0.717) is 24.7 Å². The van der Waals surface area contributed by atoms with Crippen LogP contribution in [0.1, 0.15) is 30.3 Å². The average Bonchev–Trinajstić information content (AvgIpc) is 3.21. The molecule has 1 fully saturated rings. The number of carbonyl (C=O) groups excluding carboxylic acids is 2. The van der Waals surface area contributed by atoms with Gasteiger partial charge in [0.25, 0.3) is 5.91 Å². The Balaban J connectivity index is 1.64. The number of nitrogens with one attached hydrogen (secondary N) is 2. The van der Waals surface area contributed by atoms with Gasteiger partial charge in [0.1, 0.15) is 16.4 Å². The van der Waals surface area contributed by atoms with E-state index in [1.807, 2.05) is 0 Å². The van der Waals surface area contributed by atoms with Crippen molar-refractivity contribution >= 4 is 27.5 Å². The smallest absolute Gasteiger partial charge is 0.270 e. The summed E-state index contributed by atoms with van der Waals surface area (Å²) in [5.41, 5.74) is 0.560. The number of halogens is 1. The summed E-state index contributed by atoms with van der Waals surface area (Å²) in [5.74, 6) is -0.671. The topological polar surface area (TPSA) is 103 Å². The molecule has 0 bridgehead atoms. The van der Waals surface area contributed by atoms with Crippen molar-refractivity contribution in [1.82, 2.24) is 14.2 Å². The van der Waals surface area contributed by atoms with E-state index in [1.54, 1.807) is 4.90 Å². The number of aromatic amines is 1. The Hall–Kier alpha value is -2.72. The first-order chi connectivity index (χ1) is 14.2. The molecule has 2 aromatic rings. The maximum absolute atomic E-state index is 12.9. The van der Waals surface area contributed by atoms with Crippen molar-refractivity contribution in [3.05, 3.63) is 48.0 Å². The Morgan fingerprint density at radius 1 is 1.23 bits per heavy atom. The third-order valence-corrected chi connectivity index (χ3v) is 6.94. The molecule has 8 nitrogen and oxygen atoms in total. The van der Waals surface area contributed by atoms with Crippen molar-refractivity contribution in [2.75, 3.05) is 32.0 Å². The zero-order valence-electron chi connectivity index (χ0n) is 16.9. The van der Waals surface area contributed by atoms with Crippen molar-refractivity contribution in [2.24, 2.45) is 5.92 Å². The normalized spacial score (nSPS) is 15.4. The maximum Gasteiger partial charge on any atom is 0.270 e. The van der Waals surface area contributed by atoms with Crippen LogP contribution in [0.15, 0.2) is 41.4 Å². The first-order valence-electron chi connectivity index (χ1n) is 9.66. The molecule has 3 rings (SSSR count). The molecule has 1 aliphatic rings. The van der Waals surface area contributed by atoms with E-state index >= 15 is 0 Å². The van der Waals surface area contributed by atoms with Crippen LogP contribution >= 0.6 is 0 Å². The minimum absolute atomic E-state index is 0.0895. The molecule has 1 saturated heterocycles. The predicted molar refractivity (Wildman–Crippen MR) is 110 cm³/mol. The number of piperidine rings is 1. The first-order valence-corrected chi connectivity index (χ1v) is 11.1. The van der Waals surface area contributed by atoms with Gasteiger partial charge in [0.2, 0.25) is 15.9 Å². The number of anilines is 1. The van der Waals surface area contributed by atoms with Crippen LogP contribution in [0.2, 0.25) is 0 Å². The monoisotopic (exact) mass is 436 g/mol. The average molecular weight is 437 g/mol. The molecule has 0 radical (unpaired) electrons. The number of likely N-dealkylation sites (N-methyl/N-ethyl adjacent to an activating group) is 1. The Bertz CT molecular complexity index is 1010. The highest BCUT2D eigenvalue weighted by molar-refractivity contribution is 7.89. The number of likely N-dealkylation sites (tertiary alicyclic amines) is 1. The highest BCUT2D eigenvalue weighted by Crippen LogP contribution is 2.20. The fourth-order valence-corrected chi connectivity index (χ4v) is 4.35. The molecule has 10 heteroatoms. The molecule has 2 N–H and O–H groups in total. The third-order valence-electron chi connectivity index (χ3n) is 5.16. The summed E-state index contributed by atoms with van der Waals surface area (Å²) >= 11 is 0. The summed E-state index contributed by atoms with van der Waals surface area (Å²) in [6.07, 6.45) is 3.09. The van der Waals surface area contributed by atoms with E-state index in [1.165, 1.54) is 43.6 Å². The minimum atomic E-state index is -3.97. The van der Waals surface area contributed by atoms with Crippen molar-refractivity contribution in [3.63, 3.8) is 0 Å². The van der Waals surface area contributed by atoms with Gasteiger partial charge in [-0.1, -0.05) is 6.92 Å². The van der Waals surface area contributed by atoms with Crippen molar-refractivity contribution in [1.29, 1.82) is 0 Å². The summed E-state index contributed by atoms with van der Waals surface area (Å²) in [7, 11) is -2.70. The fourth-order valence-electron chi connectivity index (χ4n) is 3.23. The fraction of sp³-hybridized carbons (Fsp3) is 0.400. The van der Waals surface area contributed by atoms with Gasteiger partial charge in [-0.05, 0) is 49.1 Å². The molecule has 1 aliphatic heterocycles. The summed E-state index contributed by atoms with van der Waals surface area (Å²) < 4.78 is 39.4. The quantitative estimate of drug-likeness (QED) is 0.725. The molecule has 0 unspecified atom stereocenters. The van der Waals surface area contributed by atoms with Crippen LogP contribution in [-0.4, -0.2) is 61.1 Å². The number of H-pyrrole nitrogens is 1. The van der Waals surface area contributed by atoms with Crippen LogP contribution in [0.4, 0.5) is 10.1 Å². The summed E-state index contributed by atoms with van der Waals surface area (Å²) in [6.45, 7) is 3.00. The van der Waals surface area contributed by atoms with Crippen LogP contribution in [0, 0.1) is 11.7 Å². The largest absolute Gasteiger partial charge is 0.356 e. The molecule has 30 heavy (non-hydrogen) atoms. The second kappa shape index (κ2) is 8.97. The SMILES string of the molecule is CC1CCN(C(=O)c2cc(S(=O)(=O)N(C)CC(=O)Nc3ccc(F)cc3)c[nH]2)CC1. The predicted octanol–water partition coefficient (Wildman–Crippen LogP) is 2.29. The van der Waals surface area contributed by atoms with Crippen LogP contribution in [0.3, 0.4) is 0 Å². The summed E-state index contributed by atoms with van der Waals surface area (Å²) in [6, 6.07) is 6.44. The van der Waals surface area contributed by atoms with Crippen LogP contribution in [0.5, 0.6) is 0 Å². The van der Waals surface area contributed by atoms with Gasteiger partial charge in [0.15, 0.2) is 0 Å². The molecule has 162 valence electrons. The summed E-state index contributed by atoms with van der Waals surface area (Å²) in [4.78, 5) is 29.1. The molecular weight excluding hydrogens is 411 g/mol. The number of nitrogens with zero attached hydrogens (tertiary/aromatic N) is 2. The molecule has 2 heterocycles. The highest BCUT2D eigenvalue weighted by atomic mass is 32.2. The number of hydrogen-bond acceptors (Lipinski definition) is 4. The molecule has 0 spiro atoms. The van der Waals surface area contributed by atoms with Crippen molar-refractivity contribution in [2.45, 2.75) is 24.7 Å². The van der Waals surface area contributed by atoms with Gasteiger partial charge in [-0.15, -0.1) is 0 Å². The van der Waals surface area contributed by atoms with Crippen molar-refractivity contribution < 1.29 is 22.4 Å². The highest BCUT2D eigenvalue weighted by Gasteiger charge is 2.27. The first kappa shape index (κ1) is 22.0. The molecule has 1 aromatic carbocycles. The van der Waals surface area contributed by atoms with E-state index in [2.05, 4.69) is 17.2 Å². The lowest BCUT2D eigenvalue weighted by Crippen LogP contribution is -2.38. The van der Waals surface area contributed by atoms with Gasteiger partial charge in [0, 0.05) is 32.0 Å². The second-order valence-electron chi connectivity index (χ2n) is 7.54. The summed E-state index contributed by atoms with van der Waals surface area (Å²) in [5, 5.41) is 2.51. The Morgan fingerprint density at radius 3 is 2.50 bits per heavy atom. The zero-order valence-corrected chi connectivity index (χ0v) is 17.7. The van der Waals surface area contributed by atoms with Crippen LogP contribution in [-0.2, 0) is 14.8 Å². The lowest BCUT2D eigenvalue weighted by Gasteiger charge is -2.29. The number of rotatable bonds is 6. The molecule has 0 atom stereocenters. The van der Waals surface area contributed by atoms with Gasteiger partial charge >= 0.3 is 0 Å². The lowest BCUT2D eigenvalue weighted by atomic mass is 9.99. The number of hydrogen-bond donors (Lipinski definition) is 2. The maximum atomic E-state index is 12.9. The van der Waals surface area contributed by atoms with E-state index in [0.717, 1.165) is 17.1 Å². The molecule has 0 saturated carbocycles. The van der Waals surface area contributed by atoms with E-state index in [9.17, 15) is 22.4 Å². The number of sulfonamides is 1. The van der Waals surface area contributed by atoms with E-state index < -0.39 is 28.3 Å². The number of aromatic nitrogens is 1. The standard InChI is InChI=1S/C20H25FN4O4S/c1-14-7-9-25(10-8-14)20(27)18-11-17(12-22-18)30(28,29)24(2)13-19(26)23-16-5-3-15(21)4-6-16/h3-6,11-12,14,22H,7-10,13H2,1-2H3,(H,23,26). The molecule has 0 aliphatic carbocycles. The van der Waals surface area contributed by atoms with E-state index in [4.69, 9.17) is 0 Å². The molecule has 2 amide bonds. The lowest BCUT2D eigenvalue weighted by molar-refractivity contribution is -0.116. The van der Waals surface area contributed by atoms with Gasteiger partial charge in [-0.3, -0.25) is 9.59 Å².